The summed E-state index contributed by atoms with van der Waals surface area (Å²) in [6.45, 7) is 0.203. The number of halogens is 1. The number of rotatable bonds is 7. The van der Waals surface area contributed by atoms with Crippen LogP contribution in [0.4, 0.5) is 5.69 Å². The van der Waals surface area contributed by atoms with Gasteiger partial charge < -0.3 is 26.3 Å². The highest BCUT2D eigenvalue weighted by Gasteiger charge is 2.45. The standard InChI is InChI=1S/C21H24ClN5O7/c22-13-8-11(3-4-14(13)23)19(32)25-15-5-6-17(29)26-7-1-2-16(27(26)21(15)34)20(33)24-12(10-28)9-18(30)31/h3-4,8,10,12,15-16H,1-2,5-7,9,23H2,(H,24,33)(H,25,32)(H,30,31)/t12-,15-,16-/m0/s1. The Morgan fingerprint density at radius 2 is 2.00 bits per heavy atom. The van der Waals surface area contributed by atoms with Gasteiger partial charge in [0.25, 0.3) is 11.8 Å². The van der Waals surface area contributed by atoms with Crippen molar-refractivity contribution in [3.05, 3.63) is 28.8 Å². The van der Waals surface area contributed by atoms with Crippen LogP contribution in [0.15, 0.2) is 18.2 Å². The summed E-state index contributed by atoms with van der Waals surface area (Å²) in [6.07, 6.45) is 0.251. The summed E-state index contributed by atoms with van der Waals surface area (Å²) in [7, 11) is 0. The van der Waals surface area contributed by atoms with Gasteiger partial charge in [0.15, 0.2) is 0 Å². The van der Waals surface area contributed by atoms with Gasteiger partial charge in [0.2, 0.25) is 11.8 Å². The molecule has 0 spiro atoms. The lowest BCUT2D eigenvalue weighted by atomic mass is 10.0. The van der Waals surface area contributed by atoms with Gasteiger partial charge in [0, 0.05) is 18.5 Å². The molecule has 0 unspecified atom stereocenters. The average molecular weight is 494 g/mol. The number of anilines is 1. The van der Waals surface area contributed by atoms with E-state index in [0.717, 1.165) is 5.01 Å². The number of hydrogen-bond donors (Lipinski definition) is 4. The predicted molar refractivity (Wildman–Crippen MR) is 118 cm³/mol. The number of aldehydes is 1. The van der Waals surface area contributed by atoms with Crippen molar-refractivity contribution >= 4 is 53.2 Å². The SMILES string of the molecule is Nc1ccc(C(=O)N[C@H]2CCC(=O)N3CCC[C@@H](C(=O)N[C@H](C=O)CC(=O)O)N3C2=O)cc1Cl. The van der Waals surface area contributed by atoms with E-state index in [-0.39, 0.29) is 42.1 Å². The van der Waals surface area contributed by atoms with Crippen molar-refractivity contribution in [3.8, 4) is 0 Å². The van der Waals surface area contributed by atoms with E-state index in [1.165, 1.54) is 23.2 Å². The van der Waals surface area contributed by atoms with Gasteiger partial charge in [0.1, 0.15) is 18.4 Å². The number of amides is 4. The van der Waals surface area contributed by atoms with E-state index in [1.54, 1.807) is 0 Å². The van der Waals surface area contributed by atoms with Crippen LogP contribution in [0.25, 0.3) is 0 Å². The van der Waals surface area contributed by atoms with E-state index in [9.17, 15) is 28.8 Å². The maximum atomic E-state index is 13.4. The molecule has 0 bridgehead atoms. The first-order valence-electron chi connectivity index (χ1n) is 10.6. The Balaban J connectivity index is 1.82. The van der Waals surface area contributed by atoms with E-state index in [1.807, 2.05) is 0 Å². The molecule has 0 aliphatic carbocycles. The zero-order valence-electron chi connectivity index (χ0n) is 18.0. The summed E-state index contributed by atoms with van der Waals surface area (Å²) >= 11 is 5.97. The van der Waals surface area contributed by atoms with Crippen LogP contribution < -0.4 is 16.4 Å². The number of fused-ring (bicyclic) bond motifs is 1. The third kappa shape index (κ3) is 5.45. The summed E-state index contributed by atoms with van der Waals surface area (Å²) in [6, 6.07) is 0.697. The fourth-order valence-corrected chi connectivity index (χ4v) is 4.10. The van der Waals surface area contributed by atoms with Gasteiger partial charge in [0.05, 0.1) is 23.2 Å². The van der Waals surface area contributed by atoms with Gasteiger partial charge in [-0.05, 0) is 37.5 Å². The number of carboxylic acid groups (broad SMARTS) is 1. The van der Waals surface area contributed by atoms with Gasteiger partial charge in [-0.15, -0.1) is 0 Å². The van der Waals surface area contributed by atoms with Gasteiger partial charge in [-0.25, -0.2) is 5.01 Å². The number of nitrogen functional groups attached to an aromatic ring is 1. The number of benzene rings is 1. The lowest BCUT2D eigenvalue weighted by molar-refractivity contribution is -0.176. The van der Waals surface area contributed by atoms with Crippen LogP contribution in [-0.4, -0.2) is 75.7 Å². The van der Waals surface area contributed by atoms with E-state index < -0.39 is 54.1 Å². The number of carbonyl (C=O) groups is 6. The molecule has 34 heavy (non-hydrogen) atoms. The van der Waals surface area contributed by atoms with Gasteiger partial charge >= 0.3 is 5.97 Å². The number of hydrogen-bond acceptors (Lipinski definition) is 7. The second-order valence-electron chi connectivity index (χ2n) is 8.01. The number of carboxylic acids is 1. The zero-order valence-corrected chi connectivity index (χ0v) is 18.8. The fraction of sp³-hybridized carbons (Fsp3) is 0.429. The Morgan fingerprint density at radius 3 is 2.65 bits per heavy atom. The minimum atomic E-state index is -1.29. The third-order valence-electron chi connectivity index (χ3n) is 5.62. The summed E-state index contributed by atoms with van der Waals surface area (Å²) in [4.78, 5) is 73.8. The molecular formula is C21H24ClN5O7. The maximum absolute atomic E-state index is 13.4. The predicted octanol–water partition coefficient (Wildman–Crippen LogP) is -0.293. The lowest BCUT2D eigenvalue weighted by Gasteiger charge is -2.43. The lowest BCUT2D eigenvalue weighted by Crippen LogP contribution is -2.64. The van der Waals surface area contributed by atoms with Gasteiger partial charge in [-0.2, -0.15) is 0 Å². The first-order chi connectivity index (χ1) is 16.1. The summed E-state index contributed by atoms with van der Waals surface area (Å²) < 4.78 is 0. The number of nitrogens with two attached hydrogens (primary N) is 1. The molecule has 12 nitrogen and oxygen atoms in total. The number of hydrazine groups is 1. The normalized spacial score (nSPS) is 21.2. The van der Waals surface area contributed by atoms with E-state index in [4.69, 9.17) is 22.4 Å². The molecule has 2 aliphatic heterocycles. The second kappa shape index (κ2) is 10.5. The van der Waals surface area contributed by atoms with Crippen molar-refractivity contribution in [2.75, 3.05) is 12.3 Å². The Labute approximate surface area is 199 Å². The first kappa shape index (κ1) is 25.0. The smallest absolute Gasteiger partial charge is 0.305 e. The van der Waals surface area contributed by atoms with Crippen molar-refractivity contribution in [3.63, 3.8) is 0 Å². The van der Waals surface area contributed by atoms with Crippen molar-refractivity contribution < 1.29 is 33.9 Å². The summed E-state index contributed by atoms with van der Waals surface area (Å²) in [5.41, 5.74) is 6.10. The van der Waals surface area contributed by atoms with Gasteiger partial charge in [-0.3, -0.25) is 29.0 Å². The Hall–Kier alpha value is -3.67. The molecule has 0 radical (unpaired) electrons. The molecular weight excluding hydrogens is 470 g/mol. The quantitative estimate of drug-likeness (QED) is 0.295. The molecule has 3 rings (SSSR count). The van der Waals surface area contributed by atoms with Crippen molar-refractivity contribution in [2.24, 2.45) is 0 Å². The largest absolute Gasteiger partial charge is 0.481 e. The molecule has 0 aromatic heterocycles. The molecule has 4 amide bonds. The summed E-state index contributed by atoms with van der Waals surface area (Å²) in [5, 5.41) is 16.2. The minimum absolute atomic E-state index is 0.0173. The molecule has 1 aromatic rings. The van der Waals surface area contributed by atoms with Crippen LogP contribution in [-0.2, 0) is 24.0 Å². The highest BCUT2D eigenvalue weighted by atomic mass is 35.5. The summed E-state index contributed by atoms with van der Waals surface area (Å²) in [5.74, 6) is -3.71. The van der Waals surface area contributed by atoms with Crippen molar-refractivity contribution in [1.82, 2.24) is 20.7 Å². The number of nitrogens with one attached hydrogen (secondary N) is 2. The first-order valence-corrected chi connectivity index (χ1v) is 11.0. The zero-order chi connectivity index (χ0) is 25.0. The molecule has 5 N–H and O–H groups in total. The Bertz CT molecular complexity index is 1030. The highest BCUT2D eigenvalue weighted by Crippen LogP contribution is 2.26. The molecule has 3 atom stereocenters. The molecule has 2 saturated heterocycles. The molecule has 0 saturated carbocycles. The number of nitrogens with zero attached hydrogens (tertiary/aromatic N) is 2. The topological polar surface area (TPSA) is 179 Å². The van der Waals surface area contributed by atoms with E-state index >= 15 is 0 Å². The van der Waals surface area contributed by atoms with Crippen LogP contribution in [0.3, 0.4) is 0 Å². The number of carbonyl (C=O) groups excluding carboxylic acids is 5. The highest BCUT2D eigenvalue weighted by molar-refractivity contribution is 6.33. The molecule has 2 fully saturated rings. The van der Waals surface area contributed by atoms with E-state index in [2.05, 4.69) is 10.6 Å². The van der Waals surface area contributed by atoms with Crippen LogP contribution in [0.5, 0.6) is 0 Å². The van der Waals surface area contributed by atoms with E-state index in [0.29, 0.717) is 12.7 Å². The molecule has 13 heteroatoms. The molecule has 2 heterocycles. The van der Waals surface area contributed by atoms with Gasteiger partial charge in [-0.1, -0.05) is 11.6 Å². The molecule has 182 valence electrons. The van der Waals surface area contributed by atoms with Crippen LogP contribution in [0.1, 0.15) is 42.5 Å². The third-order valence-corrected chi connectivity index (χ3v) is 5.95. The second-order valence-corrected chi connectivity index (χ2v) is 8.41. The monoisotopic (exact) mass is 493 g/mol. The van der Waals surface area contributed by atoms with Crippen LogP contribution >= 0.6 is 11.6 Å². The Morgan fingerprint density at radius 1 is 1.26 bits per heavy atom. The maximum Gasteiger partial charge on any atom is 0.305 e. The molecule has 1 aromatic carbocycles. The van der Waals surface area contributed by atoms with Crippen molar-refractivity contribution in [2.45, 2.75) is 50.2 Å². The van der Waals surface area contributed by atoms with Crippen molar-refractivity contribution in [1.29, 1.82) is 0 Å². The number of aliphatic carboxylic acids is 1. The van der Waals surface area contributed by atoms with Crippen LogP contribution in [0, 0.1) is 0 Å². The Kier molecular flexibility index (Phi) is 7.72. The molecule has 2 aliphatic rings. The fourth-order valence-electron chi connectivity index (χ4n) is 3.92. The minimum Gasteiger partial charge on any atom is -0.481 e. The van der Waals surface area contributed by atoms with Crippen LogP contribution in [0.2, 0.25) is 5.02 Å². The average Bonchev–Trinajstić information content (AvgIpc) is 2.92.